The molecule has 0 spiro atoms. The first-order valence-corrected chi connectivity index (χ1v) is 5.48. The second-order valence-electron chi connectivity index (χ2n) is 3.75. The molecule has 5 heteroatoms. The number of fused-ring (bicyclic) bond motifs is 1. The lowest BCUT2D eigenvalue weighted by Gasteiger charge is -2.14. The second kappa shape index (κ2) is 4.37. The van der Waals surface area contributed by atoms with E-state index in [4.69, 9.17) is 21.1 Å². The summed E-state index contributed by atoms with van der Waals surface area (Å²) < 4.78 is 10.2. The van der Waals surface area contributed by atoms with Gasteiger partial charge in [0.1, 0.15) is 18.6 Å². The number of aldehydes is 1. The van der Waals surface area contributed by atoms with E-state index in [1.54, 1.807) is 0 Å². The van der Waals surface area contributed by atoms with Gasteiger partial charge >= 0.3 is 5.97 Å². The van der Waals surface area contributed by atoms with Crippen molar-refractivity contribution >= 4 is 23.9 Å². The Bertz CT molecular complexity index is 508. The molecule has 0 N–H and O–H groups in total. The predicted octanol–water partition coefficient (Wildman–Crippen LogP) is 2.07. The zero-order valence-corrected chi connectivity index (χ0v) is 10.3. The molecule has 0 aromatic heterocycles. The van der Waals surface area contributed by atoms with Crippen LogP contribution in [0.4, 0.5) is 0 Å². The van der Waals surface area contributed by atoms with Gasteiger partial charge in [-0.1, -0.05) is 11.6 Å². The van der Waals surface area contributed by atoms with Crippen molar-refractivity contribution in [1.82, 2.24) is 0 Å². The van der Waals surface area contributed by atoms with E-state index in [-0.39, 0.29) is 18.1 Å². The van der Waals surface area contributed by atoms with Crippen molar-refractivity contribution in [1.29, 1.82) is 0 Å². The third kappa shape index (κ3) is 1.69. The highest BCUT2D eigenvalue weighted by Gasteiger charge is 2.31. The Labute approximate surface area is 103 Å². The first-order valence-electron chi connectivity index (χ1n) is 5.10. The maximum Gasteiger partial charge on any atom is 0.340 e. The molecule has 0 radical (unpaired) electrons. The molecule has 4 nitrogen and oxygen atoms in total. The van der Waals surface area contributed by atoms with Crippen molar-refractivity contribution in [2.24, 2.45) is 0 Å². The van der Waals surface area contributed by atoms with E-state index in [9.17, 15) is 9.59 Å². The highest BCUT2D eigenvalue weighted by Crippen LogP contribution is 2.40. The van der Waals surface area contributed by atoms with Gasteiger partial charge < -0.3 is 14.3 Å². The van der Waals surface area contributed by atoms with Gasteiger partial charge in [0.15, 0.2) is 0 Å². The molecule has 1 heterocycles. The van der Waals surface area contributed by atoms with Crippen molar-refractivity contribution in [2.75, 3.05) is 7.11 Å². The molecular weight excluding hydrogens is 244 g/mol. The summed E-state index contributed by atoms with van der Waals surface area (Å²) in [6.45, 7) is 2.03. The number of ether oxygens (including phenoxy) is 2. The Hall–Kier alpha value is -1.55. The van der Waals surface area contributed by atoms with Crippen LogP contribution in [0.3, 0.4) is 0 Å². The Morgan fingerprint density at radius 3 is 2.82 bits per heavy atom. The average Bonchev–Trinajstić information content (AvgIpc) is 2.69. The molecular formula is C12H11ClO4. The highest BCUT2D eigenvalue weighted by molar-refractivity contribution is 6.35. The van der Waals surface area contributed by atoms with Crippen LogP contribution in [0.5, 0.6) is 5.75 Å². The normalized spacial score (nSPS) is 13.2. The Morgan fingerprint density at radius 1 is 1.53 bits per heavy atom. The topological polar surface area (TPSA) is 52.6 Å². The summed E-state index contributed by atoms with van der Waals surface area (Å²) in [6, 6.07) is 0. The number of benzene rings is 1. The smallest absolute Gasteiger partial charge is 0.340 e. The minimum Gasteiger partial charge on any atom is -0.496 e. The quantitative estimate of drug-likeness (QED) is 0.612. The van der Waals surface area contributed by atoms with Crippen molar-refractivity contribution in [3.63, 3.8) is 0 Å². The van der Waals surface area contributed by atoms with Crippen LogP contribution in [0.25, 0.3) is 0 Å². The number of hydrogen-bond donors (Lipinski definition) is 0. The van der Waals surface area contributed by atoms with E-state index < -0.39 is 5.97 Å². The third-order valence-corrected chi connectivity index (χ3v) is 3.31. The minimum absolute atomic E-state index is 0.114. The van der Waals surface area contributed by atoms with Gasteiger partial charge in [0, 0.05) is 17.5 Å². The minimum atomic E-state index is -0.442. The van der Waals surface area contributed by atoms with Crippen LogP contribution < -0.4 is 4.74 Å². The first-order chi connectivity index (χ1) is 8.11. The highest BCUT2D eigenvalue weighted by atomic mass is 35.5. The van der Waals surface area contributed by atoms with Gasteiger partial charge in [-0.25, -0.2) is 4.79 Å². The summed E-state index contributed by atoms with van der Waals surface area (Å²) >= 11 is 6.14. The summed E-state index contributed by atoms with van der Waals surface area (Å²) in [5, 5.41) is 0.261. The molecule has 1 aliphatic rings. The fourth-order valence-corrected chi connectivity index (χ4v) is 2.43. The largest absolute Gasteiger partial charge is 0.496 e. The van der Waals surface area contributed by atoms with Gasteiger partial charge in [0.25, 0.3) is 0 Å². The number of esters is 1. The number of carbonyl (C=O) groups excluding carboxylic acids is 2. The van der Waals surface area contributed by atoms with Crippen LogP contribution in [0.1, 0.15) is 27.0 Å². The van der Waals surface area contributed by atoms with E-state index in [1.165, 1.54) is 7.11 Å². The maximum atomic E-state index is 11.6. The molecule has 1 aromatic carbocycles. The molecule has 0 amide bonds. The number of halogens is 1. The van der Waals surface area contributed by atoms with Crippen molar-refractivity contribution in [3.05, 3.63) is 27.3 Å². The molecule has 90 valence electrons. The molecule has 1 aliphatic heterocycles. The van der Waals surface area contributed by atoms with Crippen molar-refractivity contribution in [2.45, 2.75) is 20.0 Å². The molecule has 1 aromatic rings. The molecule has 0 aliphatic carbocycles. The van der Waals surface area contributed by atoms with Gasteiger partial charge in [0.05, 0.1) is 17.7 Å². The second-order valence-corrected chi connectivity index (χ2v) is 4.13. The monoisotopic (exact) mass is 254 g/mol. The predicted molar refractivity (Wildman–Crippen MR) is 61.6 cm³/mol. The third-order valence-electron chi connectivity index (χ3n) is 2.90. The molecule has 0 saturated heterocycles. The molecule has 0 atom stereocenters. The Balaban J connectivity index is 2.76. The molecule has 17 heavy (non-hydrogen) atoms. The van der Waals surface area contributed by atoms with Gasteiger partial charge in [-0.15, -0.1) is 0 Å². The van der Waals surface area contributed by atoms with Crippen molar-refractivity contribution in [3.8, 4) is 5.75 Å². The lowest BCUT2D eigenvalue weighted by atomic mass is 9.97. The van der Waals surface area contributed by atoms with E-state index in [1.807, 2.05) is 6.92 Å². The summed E-state index contributed by atoms with van der Waals surface area (Å²) in [6.07, 6.45) is 0.846. The summed E-state index contributed by atoms with van der Waals surface area (Å²) in [5.41, 5.74) is 2.45. The van der Waals surface area contributed by atoms with E-state index >= 15 is 0 Å². The number of methoxy groups -OCH3 is 1. The van der Waals surface area contributed by atoms with Gasteiger partial charge in [0.2, 0.25) is 0 Å². The maximum absolute atomic E-state index is 11.6. The van der Waals surface area contributed by atoms with Crippen LogP contribution in [-0.2, 0) is 22.6 Å². The molecule has 2 rings (SSSR count). The fraction of sp³-hybridized carbons (Fsp3) is 0.333. The number of rotatable bonds is 3. The van der Waals surface area contributed by atoms with E-state index in [0.717, 1.165) is 17.4 Å². The first kappa shape index (κ1) is 11.9. The zero-order chi connectivity index (χ0) is 12.6. The Morgan fingerprint density at radius 2 is 2.24 bits per heavy atom. The number of hydrogen-bond acceptors (Lipinski definition) is 4. The summed E-state index contributed by atoms with van der Waals surface area (Å²) in [5.74, 6) is 0.113. The fourth-order valence-electron chi connectivity index (χ4n) is 2.08. The van der Waals surface area contributed by atoms with Crippen LogP contribution in [-0.4, -0.2) is 19.4 Å². The molecule has 0 bridgehead atoms. The molecule has 0 unspecified atom stereocenters. The van der Waals surface area contributed by atoms with E-state index in [2.05, 4.69) is 0 Å². The van der Waals surface area contributed by atoms with E-state index in [0.29, 0.717) is 16.9 Å². The molecule has 0 fully saturated rings. The Kier molecular flexibility index (Phi) is 3.07. The number of carbonyl (C=O) groups is 2. The van der Waals surface area contributed by atoms with Crippen LogP contribution in [0, 0.1) is 6.92 Å². The lowest BCUT2D eigenvalue weighted by Crippen LogP contribution is -2.04. The average molecular weight is 255 g/mol. The van der Waals surface area contributed by atoms with Crippen LogP contribution >= 0.6 is 11.6 Å². The zero-order valence-electron chi connectivity index (χ0n) is 9.50. The van der Waals surface area contributed by atoms with Crippen LogP contribution in [0.15, 0.2) is 0 Å². The van der Waals surface area contributed by atoms with Crippen molar-refractivity contribution < 1.29 is 19.1 Å². The van der Waals surface area contributed by atoms with Crippen LogP contribution in [0.2, 0.25) is 5.02 Å². The summed E-state index contributed by atoms with van der Waals surface area (Å²) in [7, 11) is 1.51. The van der Waals surface area contributed by atoms with Gasteiger partial charge in [-0.2, -0.15) is 0 Å². The lowest BCUT2D eigenvalue weighted by molar-refractivity contribution is -0.107. The number of cyclic esters (lactones) is 1. The standard InChI is InChI=1S/C12H11ClO4/c1-6-8-5-17-12(15)9(8)10(13)7(3-4-14)11(6)16-2/h4H,3,5H2,1-2H3. The van der Waals surface area contributed by atoms with Gasteiger partial charge in [-0.05, 0) is 12.5 Å². The molecule has 0 saturated carbocycles. The van der Waals surface area contributed by atoms with Gasteiger partial charge in [-0.3, -0.25) is 0 Å². The summed E-state index contributed by atoms with van der Waals surface area (Å²) in [4.78, 5) is 22.2. The SMILES string of the molecule is COc1c(C)c2c(c(Cl)c1CC=O)C(=O)OC2.